The van der Waals surface area contributed by atoms with Gasteiger partial charge in [-0.3, -0.25) is 29.4 Å². The molecule has 3 aliphatic rings. The topological polar surface area (TPSA) is 128 Å². The fourth-order valence-electron chi connectivity index (χ4n) is 6.84. The number of imide groups is 1. The number of benzene rings is 2. The first-order valence-electron chi connectivity index (χ1n) is 16.8. The summed E-state index contributed by atoms with van der Waals surface area (Å²) in [6, 6.07) is 16.6. The van der Waals surface area contributed by atoms with Gasteiger partial charge >= 0.3 is 0 Å². The third-order valence-corrected chi connectivity index (χ3v) is 9.43. The minimum Gasteiger partial charge on any atom is -0.357 e. The Morgan fingerprint density at radius 3 is 2.67 bits per heavy atom. The predicted molar refractivity (Wildman–Crippen MR) is 182 cm³/mol. The molecule has 4 aromatic rings. The maximum Gasteiger partial charge on any atom is 0.256 e. The molecule has 0 bridgehead atoms. The Bertz CT molecular complexity index is 1950. The molecule has 7 rings (SSSR count). The zero-order valence-corrected chi connectivity index (χ0v) is 26.8. The maximum absolute atomic E-state index is 13.0. The number of carbonyl (C=O) groups excluding carboxylic acids is 4. The molecule has 2 fully saturated rings. The largest absolute Gasteiger partial charge is 0.357 e. The number of likely N-dealkylation sites (tertiary alicyclic amines) is 1. The molecule has 48 heavy (non-hydrogen) atoms. The first-order chi connectivity index (χ1) is 23.4. The minimum atomic E-state index is -0.637. The van der Waals surface area contributed by atoms with Crippen molar-refractivity contribution >= 4 is 40.3 Å². The number of nitrogens with one attached hydrogen (secondary N) is 3. The summed E-state index contributed by atoms with van der Waals surface area (Å²) in [5.74, 6) is 5.91. The van der Waals surface area contributed by atoms with Crippen LogP contribution in [0.15, 0.2) is 60.8 Å². The van der Waals surface area contributed by atoms with Crippen molar-refractivity contribution in [2.75, 3.05) is 18.4 Å². The van der Waals surface area contributed by atoms with Gasteiger partial charge in [0.1, 0.15) is 11.9 Å². The van der Waals surface area contributed by atoms with Crippen LogP contribution in [0.3, 0.4) is 0 Å². The zero-order valence-electron chi connectivity index (χ0n) is 26.8. The quantitative estimate of drug-likeness (QED) is 0.135. The van der Waals surface area contributed by atoms with E-state index in [1.54, 1.807) is 17.2 Å². The molecule has 3 aliphatic heterocycles. The van der Waals surface area contributed by atoms with Gasteiger partial charge in [-0.1, -0.05) is 30.0 Å². The number of pyridine rings is 1. The van der Waals surface area contributed by atoms with Crippen LogP contribution in [-0.2, 0) is 29.1 Å². The van der Waals surface area contributed by atoms with Crippen LogP contribution in [0, 0.1) is 11.8 Å². The first kappa shape index (κ1) is 31.3. The molecular formula is C38H38N6O4. The number of amides is 4. The van der Waals surface area contributed by atoms with Crippen molar-refractivity contribution in [3.05, 3.63) is 94.3 Å². The van der Waals surface area contributed by atoms with Crippen LogP contribution >= 0.6 is 0 Å². The molecule has 0 aliphatic carbocycles. The third kappa shape index (κ3) is 6.87. The molecule has 0 radical (unpaired) electrons. The second kappa shape index (κ2) is 13.8. The highest BCUT2D eigenvalue weighted by molar-refractivity contribution is 6.06. The number of aryl methyl sites for hydroxylation is 1. The summed E-state index contributed by atoms with van der Waals surface area (Å²) in [4.78, 5) is 61.8. The van der Waals surface area contributed by atoms with Gasteiger partial charge in [-0.2, -0.15) is 0 Å². The fraction of sp³-hybridized carbons (Fsp3) is 0.342. The second-order valence-electron chi connectivity index (χ2n) is 12.8. The standard InChI is InChI=1S/C38H38N6O4/c45-35-17-16-33(37(47)42-35)44-24-31-26(10-7-11-30(31)38(44)48)9-4-2-1-3-8-25-12-14-27(15-13-25)36(46)41-34-21-32-28(22-39-34)20-29(40-32)23-43-18-5-6-19-43/h7,10-15,20-22,33,40H,1-3,5-6,8,16-19,23-24H2,(H,39,41,46)(H,42,45,47). The second-order valence-corrected chi connectivity index (χ2v) is 12.8. The van der Waals surface area contributed by atoms with E-state index in [4.69, 9.17) is 0 Å². The smallest absolute Gasteiger partial charge is 0.256 e. The number of rotatable bonds is 9. The van der Waals surface area contributed by atoms with Crippen LogP contribution in [0.5, 0.6) is 0 Å². The van der Waals surface area contributed by atoms with Gasteiger partial charge in [-0.15, -0.1) is 0 Å². The summed E-state index contributed by atoms with van der Waals surface area (Å²) in [6.45, 7) is 3.50. The van der Waals surface area contributed by atoms with Gasteiger partial charge in [0.05, 0.1) is 5.52 Å². The summed E-state index contributed by atoms with van der Waals surface area (Å²) in [6.07, 6.45) is 8.34. The molecule has 10 nitrogen and oxygen atoms in total. The number of nitrogens with zero attached hydrogens (tertiary/aromatic N) is 3. The van der Waals surface area contributed by atoms with Crippen molar-refractivity contribution in [1.82, 2.24) is 25.1 Å². The SMILES string of the molecule is O=C1CCC(N2Cc3c(C#CCCCCc4ccc(C(=O)Nc5cc6[nH]c(CN7CCCC7)cc6cn5)cc4)cccc3C2=O)C(=O)N1. The highest BCUT2D eigenvalue weighted by Crippen LogP contribution is 2.29. The van der Waals surface area contributed by atoms with E-state index in [-0.39, 0.29) is 24.1 Å². The van der Waals surface area contributed by atoms with E-state index in [9.17, 15) is 19.2 Å². The van der Waals surface area contributed by atoms with Crippen LogP contribution in [0.1, 0.15) is 88.0 Å². The zero-order chi connectivity index (χ0) is 33.0. The van der Waals surface area contributed by atoms with Gasteiger partial charge in [0, 0.05) is 66.0 Å². The summed E-state index contributed by atoms with van der Waals surface area (Å²) in [5.41, 5.74) is 6.08. The number of unbranched alkanes of at least 4 members (excludes halogenated alkanes) is 2. The lowest BCUT2D eigenvalue weighted by Gasteiger charge is -2.29. The highest BCUT2D eigenvalue weighted by atomic mass is 16.2. The summed E-state index contributed by atoms with van der Waals surface area (Å²) in [7, 11) is 0. The molecule has 2 saturated heterocycles. The summed E-state index contributed by atoms with van der Waals surface area (Å²) in [5, 5.41) is 6.31. The van der Waals surface area contributed by atoms with Gasteiger partial charge in [0.2, 0.25) is 11.8 Å². The van der Waals surface area contributed by atoms with Crippen molar-refractivity contribution in [2.24, 2.45) is 0 Å². The number of carbonyl (C=O) groups is 4. The Balaban J connectivity index is 0.877. The van der Waals surface area contributed by atoms with E-state index in [0.717, 1.165) is 72.2 Å². The summed E-state index contributed by atoms with van der Waals surface area (Å²) < 4.78 is 0. The molecule has 2 aromatic carbocycles. The van der Waals surface area contributed by atoms with Crippen LogP contribution in [-0.4, -0.2) is 62.5 Å². The molecule has 244 valence electrons. The molecule has 1 unspecified atom stereocenters. The molecule has 10 heteroatoms. The van der Waals surface area contributed by atoms with E-state index >= 15 is 0 Å². The Morgan fingerprint density at radius 1 is 1.02 bits per heavy atom. The van der Waals surface area contributed by atoms with Crippen LogP contribution in [0.25, 0.3) is 10.9 Å². The van der Waals surface area contributed by atoms with Crippen molar-refractivity contribution in [1.29, 1.82) is 0 Å². The minimum absolute atomic E-state index is 0.192. The Labute approximate surface area is 279 Å². The van der Waals surface area contributed by atoms with Gasteiger partial charge in [0.15, 0.2) is 0 Å². The van der Waals surface area contributed by atoms with E-state index in [2.05, 4.69) is 43.4 Å². The predicted octanol–water partition coefficient (Wildman–Crippen LogP) is 4.94. The lowest BCUT2D eigenvalue weighted by molar-refractivity contribution is -0.136. The third-order valence-electron chi connectivity index (χ3n) is 9.43. The van der Waals surface area contributed by atoms with E-state index in [0.29, 0.717) is 36.3 Å². The number of anilines is 1. The fourth-order valence-corrected chi connectivity index (χ4v) is 6.84. The monoisotopic (exact) mass is 642 g/mol. The first-order valence-corrected chi connectivity index (χ1v) is 16.8. The average Bonchev–Trinajstić information content (AvgIpc) is 3.82. The average molecular weight is 643 g/mol. The lowest BCUT2D eigenvalue weighted by Crippen LogP contribution is -2.52. The van der Waals surface area contributed by atoms with Gasteiger partial charge in [-0.05, 0) is 93.1 Å². The Hall–Kier alpha value is -5.27. The molecule has 3 N–H and O–H groups in total. The molecule has 0 saturated carbocycles. The van der Waals surface area contributed by atoms with Crippen LogP contribution in [0.4, 0.5) is 5.82 Å². The van der Waals surface area contributed by atoms with E-state index in [1.807, 2.05) is 42.5 Å². The van der Waals surface area contributed by atoms with Crippen molar-refractivity contribution in [3.63, 3.8) is 0 Å². The molecule has 1 atom stereocenters. The van der Waals surface area contributed by atoms with E-state index < -0.39 is 11.9 Å². The maximum atomic E-state index is 13.0. The molecule has 2 aromatic heterocycles. The number of aromatic amines is 1. The van der Waals surface area contributed by atoms with Gasteiger partial charge < -0.3 is 15.2 Å². The van der Waals surface area contributed by atoms with Gasteiger partial charge in [-0.25, -0.2) is 4.98 Å². The highest BCUT2D eigenvalue weighted by Gasteiger charge is 2.39. The molecule has 4 amide bonds. The summed E-state index contributed by atoms with van der Waals surface area (Å²) >= 11 is 0. The molecule has 5 heterocycles. The number of aromatic nitrogens is 2. The van der Waals surface area contributed by atoms with Gasteiger partial charge in [0.25, 0.3) is 11.8 Å². The van der Waals surface area contributed by atoms with Crippen molar-refractivity contribution in [3.8, 4) is 11.8 Å². The molecule has 0 spiro atoms. The Kier molecular flexibility index (Phi) is 9.03. The number of piperidine rings is 1. The number of H-pyrrole nitrogens is 1. The van der Waals surface area contributed by atoms with Crippen molar-refractivity contribution in [2.45, 2.75) is 70.5 Å². The van der Waals surface area contributed by atoms with Crippen LogP contribution in [0.2, 0.25) is 0 Å². The Morgan fingerprint density at radius 2 is 1.85 bits per heavy atom. The van der Waals surface area contributed by atoms with Crippen molar-refractivity contribution < 1.29 is 19.2 Å². The van der Waals surface area contributed by atoms with E-state index in [1.165, 1.54) is 12.8 Å². The normalized spacial score (nSPS) is 17.7. The number of hydrogen-bond donors (Lipinski definition) is 3. The number of fused-ring (bicyclic) bond motifs is 2. The molecular weight excluding hydrogens is 604 g/mol. The lowest BCUT2D eigenvalue weighted by atomic mass is 10.0. The van der Waals surface area contributed by atoms with Crippen LogP contribution < -0.4 is 10.6 Å². The number of hydrogen-bond acceptors (Lipinski definition) is 6.